The van der Waals surface area contributed by atoms with Crippen molar-refractivity contribution in [3.8, 4) is 5.75 Å². The first kappa shape index (κ1) is 14.6. The van der Waals surface area contributed by atoms with Crippen molar-refractivity contribution >= 4 is 0 Å². The molecule has 0 aliphatic carbocycles. The van der Waals surface area contributed by atoms with Gasteiger partial charge in [0.25, 0.3) is 0 Å². The molecule has 0 saturated carbocycles. The van der Waals surface area contributed by atoms with Gasteiger partial charge in [0.05, 0.1) is 7.11 Å². The van der Waals surface area contributed by atoms with Gasteiger partial charge in [0, 0.05) is 25.2 Å². The molecule has 0 radical (unpaired) electrons. The van der Waals surface area contributed by atoms with Crippen LogP contribution in [-0.2, 0) is 19.6 Å². The van der Waals surface area contributed by atoms with Gasteiger partial charge in [-0.1, -0.05) is 36.4 Å². The molecule has 2 aromatic carbocycles. The lowest BCUT2D eigenvalue weighted by atomic mass is 10.1. The average molecular weight is 270 g/mol. The van der Waals surface area contributed by atoms with E-state index in [9.17, 15) is 0 Å². The summed E-state index contributed by atoms with van der Waals surface area (Å²) in [5.74, 6) is 0.863. The van der Waals surface area contributed by atoms with Crippen molar-refractivity contribution in [2.45, 2.75) is 19.6 Å². The number of methoxy groups -OCH3 is 1. The Kier molecular flexibility index (Phi) is 5.16. The number of hydrogen-bond acceptors (Lipinski definition) is 3. The molecule has 0 unspecified atom stereocenters. The van der Waals surface area contributed by atoms with Crippen LogP contribution in [0.25, 0.3) is 0 Å². The summed E-state index contributed by atoms with van der Waals surface area (Å²) in [4.78, 5) is 2.29. The predicted octanol–water partition coefficient (Wildman–Crippen LogP) is 2.79. The molecule has 2 aromatic rings. The van der Waals surface area contributed by atoms with Crippen molar-refractivity contribution in [2.75, 3.05) is 14.2 Å². The Morgan fingerprint density at radius 2 is 1.70 bits per heavy atom. The third-order valence-electron chi connectivity index (χ3n) is 3.31. The van der Waals surface area contributed by atoms with E-state index in [4.69, 9.17) is 10.5 Å². The lowest BCUT2D eigenvalue weighted by Gasteiger charge is -2.18. The summed E-state index contributed by atoms with van der Waals surface area (Å²) in [5, 5.41) is 0. The van der Waals surface area contributed by atoms with Gasteiger partial charge in [-0.15, -0.1) is 0 Å². The zero-order valence-corrected chi connectivity index (χ0v) is 12.2. The standard InChI is InChI=1S/C17H22N2O/c1-19(12-14-6-4-3-5-7-14)13-15-8-9-17(20-2)16(10-15)11-18/h3-10H,11-13,18H2,1-2H3. The molecule has 0 amide bonds. The van der Waals surface area contributed by atoms with Crippen LogP contribution in [0.1, 0.15) is 16.7 Å². The fourth-order valence-electron chi connectivity index (χ4n) is 2.35. The Hall–Kier alpha value is -1.84. The minimum absolute atomic E-state index is 0.499. The number of rotatable bonds is 6. The minimum Gasteiger partial charge on any atom is -0.496 e. The van der Waals surface area contributed by atoms with E-state index in [-0.39, 0.29) is 0 Å². The summed E-state index contributed by atoms with van der Waals surface area (Å²) in [6, 6.07) is 16.7. The van der Waals surface area contributed by atoms with Gasteiger partial charge in [-0.25, -0.2) is 0 Å². The second-order valence-electron chi connectivity index (χ2n) is 5.01. The van der Waals surface area contributed by atoms with Gasteiger partial charge in [-0.2, -0.15) is 0 Å². The Morgan fingerprint density at radius 3 is 2.35 bits per heavy atom. The molecule has 0 aromatic heterocycles. The van der Waals surface area contributed by atoms with Crippen LogP contribution in [0.4, 0.5) is 0 Å². The van der Waals surface area contributed by atoms with E-state index in [1.54, 1.807) is 7.11 Å². The first-order chi connectivity index (χ1) is 9.72. The van der Waals surface area contributed by atoms with E-state index < -0.39 is 0 Å². The van der Waals surface area contributed by atoms with E-state index in [1.807, 2.05) is 12.1 Å². The molecule has 0 bridgehead atoms. The maximum atomic E-state index is 5.76. The van der Waals surface area contributed by atoms with Gasteiger partial charge < -0.3 is 10.5 Å². The molecule has 0 fully saturated rings. The summed E-state index contributed by atoms with van der Waals surface area (Å²) in [7, 11) is 3.80. The molecule has 0 atom stereocenters. The molecule has 3 heteroatoms. The first-order valence-corrected chi connectivity index (χ1v) is 6.81. The summed E-state index contributed by atoms with van der Waals surface area (Å²) in [6.07, 6.45) is 0. The lowest BCUT2D eigenvalue weighted by molar-refractivity contribution is 0.318. The van der Waals surface area contributed by atoms with Gasteiger partial charge in [0.2, 0.25) is 0 Å². The topological polar surface area (TPSA) is 38.5 Å². The zero-order valence-electron chi connectivity index (χ0n) is 12.2. The van der Waals surface area contributed by atoms with Gasteiger partial charge in [-0.05, 0) is 30.3 Å². The molecule has 2 rings (SSSR count). The van der Waals surface area contributed by atoms with Crippen molar-refractivity contribution in [3.63, 3.8) is 0 Å². The fourth-order valence-corrected chi connectivity index (χ4v) is 2.35. The van der Waals surface area contributed by atoms with Gasteiger partial charge >= 0.3 is 0 Å². The third-order valence-corrected chi connectivity index (χ3v) is 3.31. The van der Waals surface area contributed by atoms with Crippen molar-refractivity contribution < 1.29 is 4.74 Å². The van der Waals surface area contributed by atoms with Gasteiger partial charge in [0.15, 0.2) is 0 Å². The molecule has 0 spiro atoms. The number of nitrogens with zero attached hydrogens (tertiary/aromatic N) is 1. The Bertz CT molecular complexity index is 540. The highest BCUT2D eigenvalue weighted by molar-refractivity contribution is 5.37. The quantitative estimate of drug-likeness (QED) is 0.877. The van der Waals surface area contributed by atoms with Gasteiger partial charge in [0.1, 0.15) is 5.75 Å². The van der Waals surface area contributed by atoms with Crippen molar-refractivity contribution in [3.05, 3.63) is 65.2 Å². The predicted molar refractivity (Wildman–Crippen MR) is 82.5 cm³/mol. The zero-order chi connectivity index (χ0) is 14.4. The van der Waals surface area contributed by atoms with Crippen molar-refractivity contribution in [1.82, 2.24) is 4.90 Å². The second-order valence-corrected chi connectivity index (χ2v) is 5.01. The van der Waals surface area contributed by atoms with Crippen LogP contribution in [-0.4, -0.2) is 19.1 Å². The maximum absolute atomic E-state index is 5.76. The second kappa shape index (κ2) is 7.08. The van der Waals surface area contributed by atoms with E-state index in [0.29, 0.717) is 6.54 Å². The summed E-state index contributed by atoms with van der Waals surface area (Å²) in [6.45, 7) is 2.33. The molecule has 0 aliphatic heterocycles. The van der Waals surface area contributed by atoms with Crippen molar-refractivity contribution in [1.29, 1.82) is 0 Å². The smallest absolute Gasteiger partial charge is 0.123 e. The molecule has 0 saturated heterocycles. The van der Waals surface area contributed by atoms with Crippen LogP contribution in [0.2, 0.25) is 0 Å². The summed E-state index contributed by atoms with van der Waals surface area (Å²) in [5.41, 5.74) is 9.39. The van der Waals surface area contributed by atoms with Gasteiger partial charge in [-0.3, -0.25) is 4.90 Å². The van der Waals surface area contributed by atoms with E-state index in [1.165, 1.54) is 11.1 Å². The Morgan fingerprint density at radius 1 is 1.00 bits per heavy atom. The van der Waals surface area contributed by atoms with Crippen LogP contribution in [0, 0.1) is 0 Å². The number of hydrogen-bond donors (Lipinski definition) is 1. The maximum Gasteiger partial charge on any atom is 0.123 e. The molecule has 106 valence electrons. The summed E-state index contributed by atoms with van der Waals surface area (Å²) < 4.78 is 5.30. The molecule has 0 heterocycles. The first-order valence-electron chi connectivity index (χ1n) is 6.81. The normalized spacial score (nSPS) is 10.8. The number of benzene rings is 2. The Balaban J connectivity index is 2.02. The average Bonchev–Trinajstić information content (AvgIpc) is 2.48. The minimum atomic E-state index is 0.499. The van der Waals surface area contributed by atoms with E-state index in [0.717, 1.165) is 24.4 Å². The van der Waals surface area contributed by atoms with E-state index >= 15 is 0 Å². The third kappa shape index (κ3) is 3.83. The van der Waals surface area contributed by atoms with E-state index in [2.05, 4.69) is 48.3 Å². The molecule has 0 aliphatic rings. The molecule has 20 heavy (non-hydrogen) atoms. The molecule has 3 nitrogen and oxygen atoms in total. The SMILES string of the molecule is COc1ccc(CN(C)Cc2ccccc2)cc1CN. The van der Waals surface area contributed by atoms with Crippen LogP contribution in [0.5, 0.6) is 5.75 Å². The highest BCUT2D eigenvalue weighted by Crippen LogP contribution is 2.20. The number of ether oxygens (including phenoxy) is 1. The lowest BCUT2D eigenvalue weighted by Crippen LogP contribution is -2.17. The van der Waals surface area contributed by atoms with Crippen LogP contribution >= 0.6 is 0 Å². The molecule has 2 N–H and O–H groups in total. The largest absolute Gasteiger partial charge is 0.496 e. The van der Waals surface area contributed by atoms with Crippen LogP contribution < -0.4 is 10.5 Å². The highest BCUT2D eigenvalue weighted by Gasteiger charge is 2.06. The summed E-state index contributed by atoms with van der Waals surface area (Å²) >= 11 is 0. The molecular formula is C17H22N2O. The van der Waals surface area contributed by atoms with Crippen molar-refractivity contribution in [2.24, 2.45) is 5.73 Å². The molecular weight excluding hydrogens is 248 g/mol. The van der Waals surface area contributed by atoms with Crippen LogP contribution in [0.3, 0.4) is 0 Å². The van der Waals surface area contributed by atoms with Crippen LogP contribution in [0.15, 0.2) is 48.5 Å². The fraction of sp³-hybridized carbons (Fsp3) is 0.294. The highest BCUT2D eigenvalue weighted by atomic mass is 16.5. The monoisotopic (exact) mass is 270 g/mol. The Labute approximate surface area is 121 Å². The number of nitrogens with two attached hydrogens (primary N) is 1.